The number of anilines is 1. The molecule has 1 atom stereocenters. The van der Waals surface area contributed by atoms with Gasteiger partial charge < -0.3 is 9.84 Å². The molecule has 13 heavy (non-hydrogen) atoms. The molecule has 70 valence electrons. The van der Waals surface area contributed by atoms with Gasteiger partial charge in [-0.25, -0.2) is 4.79 Å². The summed E-state index contributed by atoms with van der Waals surface area (Å²) in [7, 11) is 0. The van der Waals surface area contributed by atoms with E-state index < -0.39 is 0 Å². The average Bonchev–Trinajstić information content (AvgIpc) is 2.72. The number of hydrogen-bond donors (Lipinski definition) is 1. The van der Waals surface area contributed by atoms with E-state index in [9.17, 15) is 4.79 Å². The van der Waals surface area contributed by atoms with Crippen LogP contribution in [0.25, 0.3) is 0 Å². The number of aliphatic hydroxyl groups excluding tert-OH is 1. The van der Waals surface area contributed by atoms with Gasteiger partial charge in [-0.3, -0.25) is 4.90 Å². The fraction of sp³-hybridized carbons (Fsp3) is 0.375. The van der Waals surface area contributed by atoms with Gasteiger partial charge in [-0.1, -0.05) is 0 Å². The third-order valence-corrected chi connectivity index (χ3v) is 2.74. The van der Waals surface area contributed by atoms with E-state index in [1.807, 2.05) is 17.5 Å². The first-order valence-electron chi connectivity index (χ1n) is 3.94. The normalized spacial score (nSPS) is 22.1. The van der Waals surface area contributed by atoms with Gasteiger partial charge in [0.2, 0.25) is 0 Å². The van der Waals surface area contributed by atoms with Crippen molar-refractivity contribution in [3.63, 3.8) is 0 Å². The highest BCUT2D eigenvalue weighted by molar-refractivity contribution is 7.14. The van der Waals surface area contributed by atoms with E-state index in [0.29, 0.717) is 6.54 Å². The Balaban J connectivity index is 2.14. The first-order valence-corrected chi connectivity index (χ1v) is 4.81. The minimum Gasteiger partial charge on any atom is -0.441 e. The summed E-state index contributed by atoms with van der Waals surface area (Å²) in [5.41, 5.74) is 0. The number of amides is 1. The summed E-state index contributed by atoms with van der Waals surface area (Å²) in [6, 6.07) is 3.73. The minimum atomic E-state index is -0.380. The maximum Gasteiger partial charge on any atom is 0.415 e. The van der Waals surface area contributed by atoms with Gasteiger partial charge in [0.05, 0.1) is 13.2 Å². The Kier molecular flexibility index (Phi) is 2.20. The fourth-order valence-corrected chi connectivity index (χ4v) is 1.95. The summed E-state index contributed by atoms with van der Waals surface area (Å²) in [6.07, 6.45) is -0.754. The molecular formula is C8H9NO3S. The number of cyclic esters (lactones) is 1. The fourth-order valence-electron chi connectivity index (χ4n) is 1.22. The van der Waals surface area contributed by atoms with Gasteiger partial charge in [0, 0.05) is 0 Å². The quantitative estimate of drug-likeness (QED) is 0.775. The summed E-state index contributed by atoms with van der Waals surface area (Å²) in [5.74, 6) is 0. The molecule has 1 aromatic rings. The largest absolute Gasteiger partial charge is 0.441 e. The van der Waals surface area contributed by atoms with Gasteiger partial charge in [0.1, 0.15) is 11.1 Å². The zero-order chi connectivity index (χ0) is 9.26. The number of nitrogens with zero attached hydrogens (tertiary/aromatic N) is 1. The Bertz CT molecular complexity index is 298. The lowest BCUT2D eigenvalue weighted by Gasteiger charge is -2.08. The molecular weight excluding hydrogens is 190 g/mol. The maximum absolute atomic E-state index is 11.2. The molecule has 0 radical (unpaired) electrons. The van der Waals surface area contributed by atoms with Gasteiger partial charge in [0.15, 0.2) is 0 Å². The van der Waals surface area contributed by atoms with Gasteiger partial charge in [-0.15, -0.1) is 11.3 Å². The van der Waals surface area contributed by atoms with Crippen LogP contribution >= 0.6 is 11.3 Å². The van der Waals surface area contributed by atoms with Gasteiger partial charge >= 0.3 is 6.09 Å². The zero-order valence-corrected chi connectivity index (χ0v) is 7.66. The topological polar surface area (TPSA) is 49.8 Å². The third kappa shape index (κ3) is 1.52. The highest BCUT2D eigenvalue weighted by Crippen LogP contribution is 2.25. The van der Waals surface area contributed by atoms with Crippen molar-refractivity contribution in [2.75, 3.05) is 18.1 Å². The molecule has 1 aromatic heterocycles. The van der Waals surface area contributed by atoms with Crippen molar-refractivity contribution in [3.8, 4) is 0 Å². The Morgan fingerprint density at radius 1 is 1.77 bits per heavy atom. The van der Waals surface area contributed by atoms with E-state index in [-0.39, 0.29) is 18.8 Å². The molecule has 1 fully saturated rings. The highest BCUT2D eigenvalue weighted by Gasteiger charge is 2.32. The molecule has 1 aliphatic heterocycles. The third-order valence-electron chi connectivity index (χ3n) is 1.85. The Morgan fingerprint density at radius 3 is 3.15 bits per heavy atom. The van der Waals surface area contributed by atoms with E-state index in [1.165, 1.54) is 16.2 Å². The smallest absolute Gasteiger partial charge is 0.415 e. The number of carbonyl (C=O) groups excluding carboxylic acids is 1. The van der Waals surface area contributed by atoms with E-state index in [2.05, 4.69) is 0 Å². The summed E-state index contributed by atoms with van der Waals surface area (Å²) in [4.78, 5) is 12.8. The van der Waals surface area contributed by atoms with Gasteiger partial charge in [-0.2, -0.15) is 0 Å². The lowest BCUT2D eigenvalue weighted by atomic mass is 10.4. The molecule has 2 heterocycles. The molecule has 0 spiro atoms. The second-order valence-corrected chi connectivity index (χ2v) is 3.68. The molecule has 1 amide bonds. The Morgan fingerprint density at radius 2 is 2.62 bits per heavy atom. The molecule has 1 N–H and O–H groups in total. The number of ether oxygens (including phenoxy) is 1. The maximum atomic E-state index is 11.2. The first kappa shape index (κ1) is 8.52. The molecule has 0 aromatic carbocycles. The number of rotatable bonds is 2. The highest BCUT2D eigenvalue weighted by atomic mass is 32.1. The van der Waals surface area contributed by atoms with Crippen LogP contribution in [0.1, 0.15) is 0 Å². The van der Waals surface area contributed by atoms with Gasteiger partial charge in [-0.05, 0) is 17.5 Å². The number of aliphatic hydroxyl groups is 1. The van der Waals surface area contributed by atoms with Crippen LogP contribution < -0.4 is 4.90 Å². The van der Waals surface area contributed by atoms with Crippen LogP contribution in [0.3, 0.4) is 0 Å². The van der Waals surface area contributed by atoms with Crippen LogP contribution in [0, 0.1) is 0 Å². The van der Waals surface area contributed by atoms with E-state index in [4.69, 9.17) is 9.84 Å². The Hall–Kier alpha value is -1.07. The Labute approximate surface area is 79.4 Å². The van der Waals surface area contributed by atoms with Crippen LogP contribution in [0.4, 0.5) is 9.80 Å². The SMILES string of the molecule is O=C1OC(CO)CN1c1cccs1. The van der Waals surface area contributed by atoms with Crippen LogP contribution in [-0.2, 0) is 4.74 Å². The van der Waals surface area contributed by atoms with Crippen LogP contribution in [0.15, 0.2) is 17.5 Å². The van der Waals surface area contributed by atoms with Crippen LogP contribution in [0.5, 0.6) is 0 Å². The zero-order valence-electron chi connectivity index (χ0n) is 6.84. The summed E-state index contributed by atoms with van der Waals surface area (Å²) < 4.78 is 4.89. The molecule has 0 aliphatic carbocycles. The van der Waals surface area contributed by atoms with Crippen LogP contribution in [-0.4, -0.2) is 30.5 Å². The van der Waals surface area contributed by atoms with Crippen molar-refractivity contribution in [2.24, 2.45) is 0 Å². The number of hydrogen-bond acceptors (Lipinski definition) is 4. The molecule has 1 unspecified atom stereocenters. The molecule has 5 heteroatoms. The molecule has 2 rings (SSSR count). The van der Waals surface area contributed by atoms with Crippen molar-refractivity contribution >= 4 is 22.4 Å². The predicted octanol–water partition coefficient (Wildman–Crippen LogP) is 1.07. The van der Waals surface area contributed by atoms with Crippen molar-refractivity contribution < 1.29 is 14.6 Å². The monoisotopic (exact) mass is 199 g/mol. The standard InChI is InChI=1S/C8H9NO3S/c10-5-6-4-9(8(11)12-6)7-2-1-3-13-7/h1-3,6,10H,4-5H2. The molecule has 0 saturated carbocycles. The molecule has 4 nitrogen and oxygen atoms in total. The molecule has 1 aliphatic rings. The summed E-state index contributed by atoms with van der Waals surface area (Å²) >= 11 is 1.48. The predicted molar refractivity (Wildman–Crippen MR) is 49.0 cm³/mol. The van der Waals surface area contributed by atoms with Crippen molar-refractivity contribution in [2.45, 2.75) is 6.10 Å². The first-order chi connectivity index (χ1) is 6.31. The molecule has 0 bridgehead atoms. The lowest BCUT2D eigenvalue weighted by Crippen LogP contribution is -2.24. The van der Waals surface area contributed by atoms with E-state index in [1.54, 1.807) is 0 Å². The average molecular weight is 199 g/mol. The van der Waals surface area contributed by atoms with Crippen molar-refractivity contribution in [1.29, 1.82) is 0 Å². The minimum absolute atomic E-state index is 0.117. The van der Waals surface area contributed by atoms with Crippen molar-refractivity contribution in [3.05, 3.63) is 17.5 Å². The second-order valence-electron chi connectivity index (χ2n) is 2.75. The van der Waals surface area contributed by atoms with Crippen molar-refractivity contribution in [1.82, 2.24) is 0 Å². The van der Waals surface area contributed by atoms with Crippen LogP contribution in [0.2, 0.25) is 0 Å². The number of thiophene rings is 1. The molecule has 1 saturated heterocycles. The second kappa shape index (κ2) is 3.35. The summed E-state index contributed by atoms with van der Waals surface area (Å²) in [6.45, 7) is 0.323. The van der Waals surface area contributed by atoms with E-state index in [0.717, 1.165) is 5.00 Å². The van der Waals surface area contributed by atoms with Gasteiger partial charge in [0.25, 0.3) is 0 Å². The number of carbonyl (C=O) groups is 1. The lowest BCUT2D eigenvalue weighted by molar-refractivity contribution is 0.0963. The summed E-state index contributed by atoms with van der Waals surface area (Å²) in [5, 5.41) is 11.6. The van der Waals surface area contributed by atoms with E-state index >= 15 is 0 Å².